The molecule has 0 N–H and O–H groups in total. The zero-order valence-corrected chi connectivity index (χ0v) is 12.6. The van der Waals surface area contributed by atoms with E-state index in [1.165, 1.54) is 0 Å². The molecule has 0 spiro atoms. The molecule has 0 fully saturated rings. The van der Waals surface area contributed by atoms with Crippen molar-refractivity contribution >= 4 is 16.7 Å². The topological polar surface area (TPSA) is 60.9 Å². The molecule has 0 unspecified atom stereocenters. The summed E-state index contributed by atoms with van der Waals surface area (Å²) in [5.74, 6) is 0. The van der Waals surface area contributed by atoms with Crippen LogP contribution in [0.2, 0.25) is 0 Å². The predicted molar refractivity (Wildman–Crippen MR) is 90.8 cm³/mol. The van der Waals surface area contributed by atoms with Crippen LogP contribution in [0.15, 0.2) is 73.2 Å². The van der Waals surface area contributed by atoms with Crippen molar-refractivity contribution in [3.63, 3.8) is 0 Å². The fraction of sp³-hybridized carbons (Fsp3) is 0. The van der Waals surface area contributed by atoms with Gasteiger partial charge in [-0.15, -0.1) is 5.10 Å². The van der Waals surface area contributed by atoms with E-state index in [1.807, 2.05) is 36.4 Å². The highest BCUT2D eigenvalue weighted by molar-refractivity contribution is 6.03. The number of fused-ring (bicyclic) bond motifs is 3. The molecule has 6 heteroatoms. The molecule has 0 atom stereocenters. The van der Waals surface area contributed by atoms with E-state index in [0.717, 1.165) is 27.8 Å². The summed E-state index contributed by atoms with van der Waals surface area (Å²) < 4.78 is 3.68. The molecule has 114 valence electrons. The maximum Gasteiger partial charge on any atom is 0.192 e. The summed E-state index contributed by atoms with van der Waals surface area (Å²) in [6, 6.07) is 20.4. The van der Waals surface area contributed by atoms with Crippen LogP contribution in [0.1, 0.15) is 0 Å². The molecule has 24 heavy (non-hydrogen) atoms. The summed E-state index contributed by atoms with van der Waals surface area (Å²) in [7, 11) is 0. The van der Waals surface area contributed by atoms with Crippen molar-refractivity contribution in [2.75, 3.05) is 0 Å². The van der Waals surface area contributed by atoms with E-state index in [2.05, 4.69) is 55.5 Å². The summed E-state index contributed by atoms with van der Waals surface area (Å²) in [6.45, 7) is 0. The van der Waals surface area contributed by atoms with Gasteiger partial charge < -0.3 is 4.57 Å². The van der Waals surface area contributed by atoms with Crippen molar-refractivity contribution in [3.05, 3.63) is 73.2 Å². The molecule has 0 radical (unpaired) electrons. The van der Waals surface area contributed by atoms with Crippen LogP contribution in [0, 0.1) is 0 Å². The van der Waals surface area contributed by atoms with Gasteiger partial charge in [0.25, 0.3) is 0 Å². The lowest BCUT2D eigenvalue weighted by Gasteiger charge is -2.03. The van der Waals surface area contributed by atoms with E-state index in [4.69, 9.17) is 0 Å². The molecule has 0 aliphatic rings. The Balaban J connectivity index is 1.93. The molecule has 5 rings (SSSR count). The van der Waals surface area contributed by atoms with E-state index >= 15 is 0 Å². The van der Waals surface area contributed by atoms with Crippen LogP contribution in [0.25, 0.3) is 33.5 Å². The second kappa shape index (κ2) is 4.99. The van der Waals surface area contributed by atoms with Crippen LogP contribution >= 0.6 is 0 Å². The third-order valence-electron chi connectivity index (χ3n) is 4.10. The molecule has 0 saturated heterocycles. The van der Waals surface area contributed by atoms with E-state index in [0.29, 0.717) is 5.65 Å². The van der Waals surface area contributed by atoms with E-state index in [1.54, 1.807) is 10.8 Å². The maximum atomic E-state index is 4.59. The van der Waals surface area contributed by atoms with Crippen molar-refractivity contribution in [1.29, 1.82) is 0 Å². The summed E-state index contributed by atoms with van der Waals surface area (Å²) in [5.41, 5.74) is 4.75. The Morgan fingerprint density at radius 3 is 2.33 bits per heavy atom. The van der Waals surface area contributed by atoms with Crippen molar-refractivity contribution < 1.29 is 0 Å². The van der Waals surface area contributed by atoms with Crippen LogP contribution in [0.4, 0.5) is 0 Å². The maximum absolute atomic E-state index is 4.59. The molecule has 0 aliphatic heterocycles. The summed E-state index contributed by atoms with van der Waals surface area (Å²) in [6.07, 6.45) is 3.74. The lowest BCUT2D eigenvalue weighted by Crippen LogP contribution is -1.96. The molecule has 0 saturated carbocycles. The molecule has 6 nitrogen and oxygen atoms in total. The zero-order chi connectivity index (χ0) is 15.9. The third kappa shape index (κ3) is 1.83. The first-order chi connectivity index (χ1) is 11.9. The van der Waals surface area contributed by atoms with E-state index in [9.17, 15) is 0 Å². The SMILES string of the molecule is c1ccc(-c2cn(-c3ccccc3)c3ncn4nnnc4c23)cc1. The second-order valence-electron chi connectivity index (χ2n) is 5.50. The summed E-state index contributed by atoms with van der Waals surface area (Å²) in [4.78, 5) is 4.59. The number of rotatable bonds is 2. The molecule has 0 bridgehead atoms. The minimum atomic E-state index is 0.702. The Kier molecular flexibility index (Phi) is 2.69. The number of nitrogens with zero attached hydrogens (tertiary/aromatic N) is 6. The summed E-state index contributed by atoms with van der Waals surface area (Å²) >= 11 is 0. The first kappa shape index (κ1) is 13.0. The van der Waals surface area contributed by atoms with Gasteiger partial charge in [0.2, 0.25) is 0 Å². The minimum Gasteiger partial charge on any atom is -0.301 e. The monoisotopic (exact) mass is 312 g/mol. The van der Waals surface area contributed by atoms with Gasteiger partial charge in [-0.25, -0.2) is 4.98 Å². The highest BCUT2D eigenvalue weighted by atomic mass is 15.5. The molecule has 0 amide bonds. The Hall–Kier alpha value is -3.54. The Labute approximate surface area is 137 Å². The van der Waals surface area contributed by atoms with Crippen LogP contribution in [-0.2, 0) is 0 Å². The number of hydrogen-bond donors (Lipinski definition) is 0. The zero-order valence-electron chi connectivity index (χ0n) is 12.6. The Morgan fingerprint density at radius 2 is 1.54 bits per heavy atom. The average Bonchev–Trinajstić information content (AvgIpc) is 3.27. The van der Waals surface area contributed by atoms with Crippen LogP contribution in [0.3, 0.4) is 0 Å². The Bertz CT molecular complexity index is 1140. The number of aromatic nitrogens is 6. The van der Waals surface area contributed by atoms with Gasteiger partial charge in [-0.1, -0.05) is 48.5 Å². The molecule has 2 aromatic carbocycles. The van der Waals surface area contributed by atoms with Crippen molar-refractivity contribution in [3.8, 4) is 16.8 Å². The number of tetrazole rings is 1. The summed E-state index contributed by atoms with van der Waals surface area (Å²) in [5, 5.41) is 12.9. The Morgan fingerprint density at radius 1 is 0.792 bits per heavy atom. The predicted octanol–water partition coefficient (Wildman–Crippen LogP) is 3.13. The fourth-order valence-corrected chi connectivity index (χ4v) is 3.01. The third-order valence-corrected chi connectivity index (χ3v) is 4.10. The molecule has 3 aromatic heterocycles. The van der Waals surface area contributed by atoms with E-state index < -0.39 is 0 Å². The average molecular weight is 312 g/mol. The van der Waals surface area contributed by atoms with Gasteiger partial charge in [0.15, 0.2) is 11.3 Å². The van der Waals surface area contributed by atoms with Crippen LogP contribution < -0.4 is 0 Å². The highest BCUT2D eigenvalue weighted by Gasteiger charge is 2.17. The fourth-order valence-electron chi connectivity index (χ4n) is 3.01. The normalized spacial score (nSPS) is 11.3. The minimum absolute atomic E-state index is 0.702. The van der Waals surface area contributed by atoms with Crippen molar-refractivity contribution in [2.45, 2.75) is 0 Å². The quantitative estimate of drug-likeness (QED) is 0.502. The van der Waals surface area contributed by atoms with E-state index in [-0.39, 0.29) is 0 Å². The number of para-hydroxylation sites is 1. The number of hydrogen-bond acceptors (Lipinski definition) is 4. The van der Waals surface area contributed by atoms with Crippen LogP contribution in [-0.4, -0.2) is 29.6 Å². The molecule has 3 heterocycles. The highest BCUT2D eigenvalue weighted by Crippen LogP contribution is 2.33. The standard InChI is InChI=1S/C18H12N6/c1-3-7-13(8-4-1)15-11-23(14-9-5-2-6-10-14)17-16(15)18-20-21-22-24(18)12-19-17/h1-12H. The van der Waals surface area contributed by atoms with Crippen molar-refractivity contribution in [1.82, 2.24) is 29.6 Å². The lowest BCUT2D eigenvalue weighted by atomic mass is 10.1. The lowest BCUT2D eigenvalue weighted by molar-refractivity contribution is 0.811. The molecular weight excluding hydrogens is 300 g/mol. The first-order valence-corrected chi connectivity index (χ1v) is 7.60. The smallest absolute Gasteiger partial charge is 0.192 e. The van der Waals surface area contributed by atoms with Gasteiger partial charge in [0, 0.05) is 17.4 Å². The van der Waals surface area contributed by atoms with Gasteiger partial charge in [-0.3, -0.25) is 0 Å². The number of benzene rings is 2. The first-order valence-electron chi connectivity index (χ1n) is 7.60. The molecular formula is C18H12N6. The van der Waals surface area contributed by atoms with Gasteiger partial charge >= 0.3 is 0 Å². The molecule has 5 aromatic rings. The van der Waals surface area contributed by atoms with Gasteiger partial charge in [0.1, 0.15) is 6.33 Å². The van der Waals surface area contributed by atoms with Crippen molar-refractivity contribution in [2.24, 2.45) is 0 Å². The van der Waals surface area contributed by atoms with Gasteiger partial charge in [-0.2, -0.15) is 4.52 Å². The van der Waals surface area contributed by atoms with Crippen LogP contribution in [0.5, 0.6) is 0 Å². The van der Waals surface area contributed by atoms with Gasteiger partial charge in [0.05, 0.1) is 5.39 Å². The van der Waals surface area contributed by atoms with Gasteiger partial charge in [-0.05, 0) is 28.1 Å². The molecule has 0 aliphatic carbocycles. The second-order valence-corrected chi connectivity index (χ2v) is 5.50. The largest absolute Gasteiger partial charge is 0.301 e.